The molecule has 1 fully saturated rings. The van der Waals surface area contributed by atoms with Crippen molar-refractivity contribution in [1.29, 1.82) is 0 Å². The van der Waals surface area contributed by atoms with Gasteiger partial charge in [-0.1, -0.05) is 30.3 Å². The Labute approximate surface area is 225 Å². The van der Waals surface area contributed by atoms with Crippen LogP contribution in [-0.2, 0) is 39.8 Å². The van der Waals surface area contributed by atoms with Gasteiger partial charge in [0.2, 0.25) is 6.79 Å². The zero-order chi connectivity index (χ0) is 28.2. The molecule has 0 spiro atoms. The number of benzene rings is 1. The smallest absolute Gasteiger partial charge is 0.334 e. The zero-order valence-electron chi connectivity index (χ0n) is 22.0. The van der Waals surface area contributed by atoms with Crippen LogP contribution in [0.1, 0.15) is 36.3 Å². The van der Waals surface area contributed by atoms with Crippen molar-refractivity contribution in [3.8, 4) is 11.5 Å². The number of nitrogens with zero attached hydrogens (tertiary/aromatic N) is 1. The number of pyridine rings is 1. The van der Waals surface area contributed by atoms with Crippen LogP contribution in [0.4, 0.5) is 0 Å². The van der Waals surface area contributed by atoms with Crippen molar-refractivity contribution in [1.82, 2.24) is 10.3 Å². The van der Waals surface area contributed by atoms with E-state index in [1.807, 2.05) is 30.3 Å². The van der Waals surface area contributed by atoms with Gasteiger partial charge in [-0.3, -0.25) is 9.59 Å². The quantitative estimate of drug-likeness (QED) is 0.251. The molecular weight excluding hydrogens is 512 g/mol. The minimum atomic E-state index is -1.30. The highest BCUT2D eigenvalue weighted by atomic mass is 16.7. The molecule has 0 bridgehead atoms. The van der Waals surface area contributed by atoms with Gasteiger partial charge in [-0.15, -0.1) is 0 Å². The third-order valence-electron chi connectivity index (χ3n) is 5.72. The highest BCUT2D eigenvalue weighted by molar-refractivity contribution is 5.98. The minimum Gasteiger partial charge on any atom is -0.493 e. The van der Waals surface area contributed by atoms with Crippen LogP contribution >= 0.6 is 0 Å². The van der Waals surface area contributed by atoms with E-state index < -0.39 is 55.3 Å². The number of esters is 3. The molecule has 1 amide bonds. The van der Waals surface area contributed by atoms with Crippen LogP contribution in [0.5, 0.6) is 11.5 Å². The second kappa shape index (κ2) is 14.7. The lowest BCUT2D eigenvalue weighted by Gasteiger charge is -2.19. The molecule has 12 heteroatoms. The minimum absolute atomic E-state index is 0.119. The molecule has 0 unspecified atom stereocenters. The number of cyclic esters (lactones) is 2. The number of ether oxygens (including phenoxy) is 6. The van der Waals surface area contributed by atoms with Gasteiger partial charge >= 0.3 is 17.9 Å². The van der Waals surface area contributed by atoms with Gasteiger partial charge in [0.1, 0.15) is 13.2 Å². The van der Waals surface area contributed by atoms with Gasteiger partial charge in [-0.25, -0.2) is 14.6 Å². The Morgan fingerprint density at radius 3 is 2.62 bits per heavy atom. The third-order valence-corrected chi connectivity index (χ3v) is 5.72. The Bertz CT molecular complexity index is 1140. The monoisotopic (exact) mass is 544 g/mol. The summed E-state index contributed by atoms with van der Waals surface area (Å²) in [6.07, 6.45) is 1.38. The van der Waals surface area contributed by atoms with Gasteiger partial charge in [-0.05, 0) is 32.3 Å². The Balaban J connectivity index is 1.70. The summed E-state index contributed by atoms with van der Waals surface area (Å²) < 4.78 is 31.5. The summed E-state index contributed by atoms with van der Waals surface area (Å²) in [5.41, 5.74) is 0.700. The van der Waals surface area contributed by atoms with Crippen molar-refractivity contribution >= 4 is 23.8 Å². The van der Waals surface area contributed by atoms with Gasteiger partial charge in [0, 0.05) is 18.9 Å². The van der Waals surface area contributed by atoms with Crippen LogP contribution in [0.25, 0.3) is 0 Å². The number of aromatic nitrogens is 1. The molecular formula is C27H32N2O10. The fourth-order valence-electron chi connectivity index (χ4n) is 3.84. The van der Waals surface area contributed by atoms with E-state index in [4.69, 9.17) is 28.4 Å². The summed E-state index contributed by atoms with van der Waals surface area (Å²) in [7, 11) is 1.35. The highest BCUT2D eigenvalue weighted by Crippen LogP contribution is 2.29. The van der Waals surface area contributed by atoms with Crippen LogP contribution < -0.4 is 14.8 Å². The second-order valence-corrected chi connectivity index (χ2v) is 8.63. The lowest BCUT2D eigenvalue weighted by Crippen LogP contribution is -2.46. The largest absolute Gasteiger partial charge is 0.493 e. The van der Waals surface area contributed by atoms with Gasteiger partial charge in [-0.2, -0.15) is 0 Å². The van der Waals surface area contributed by atoms with Crippen molar-refractivity contribution < 1.29 is 47.6 Å². The number of methoxy groups -OCH3 is 1. The number of amides is 1. The standard InChI is InChI=1S/C27H32N2O10/c1-4-35-15-22(30)37-16-38-24-21(34-3)10-11-28-23(24)25(31)29-20-14-36-26(32)19(12-17(2)39-27(20)33)13-18-8-6-5-7-9-18/h5-11,17,19-20H,4,12-16H2,1-3H3,(H,29,31)/t17-,19+,20-/m0/s1. The SMILES string of the molecule is CCOCC(=O)OCOc1c(OC)ccnc1C(=O)N[C@H]1COC(=O)[C@@H](Cc2ccccc2)C[C@H](C)OC1=O. The fourth-order valence-corrected chi connectivity index (χ4v) is 3.84. The van der Waals surface area contributed by atoms with Gasteiger partial charge in [0.05, 0.1) is 19.1 Å². The number of hydrogen-bond donors (Lipinski definition) is 1. The molecule has 1 aromatic carbocycles. The lowest BCUT2D eigenvalue weighted by molar-refractivity contribution is -0.155. The Morgan fingerprint density at radius 2 is 1.90 bits per heavy atom. The molecule has 2 heterocycles. The lowest BCUT2D eigenvalue weighted by atomic mass is 9.94. The van der Waals surface area contributed by atoms with Crippen molar-refractivity contribution in [2.45, 2.75) is 38.8 Å². The van der Waals surface area contributed by atoms with Crippen LogP contribution in [0.3, 0.4) is 0 Å². The van der Waals surface area contributed by atoms with Gasteiger partial charge in [0.25, 0.3) is 5.91 Å². The molecule has 39 heavy (non-hydrogen) atoms. The molecule has 1 saturated heterocycles. The Kier molecular flexibility index (Phi) is 11.0. The first kappa shape index (κ1) is 29.4. The molecule has 1 aliphatic heterocycles. The Morgan fingerprint density at radius 1 is 1.13 bits per heavy atom. The average molecular weight is 545 g/mol. The maximum absolute atomic E-state index is 13.2. The fraction of sp³-hybridized carbons (Fsp3) is 0.444. The predicted octanol–water partition coefficient (Wildman–Crippen LogP) is 1.84. The highest BCUT2D eigenvalue weighted by Gasteiger charge is 2.33. The molecule has 3 rings (SSSR count). The van der Waals surface area contributed by atoms with Crippen molar-refractivity contribution in [3.05, 3.63) is 53.9 Å². The first-order valence-corrected chi connectivity index (χ1v) is 12.4. The van der Waals surface area contributed by atoms with Crippen LogP contribution in [0, 0.1) is 5.92 Å². The molecule has 12 nitrogen and oxygen atoms in total. The van der Waals surface area contributed by atoms with E-state index in [9.17, 15) is 19.2 Å². The molecule has 0 saturated carbocycles. The topological polar surface area (TPSA) is 149 Å². The predicted molar refractivity (Wildman–Crippen MR) is 135 cm³/mol. The van der Waals surface area contributed by atoms with E-state index >= 15 is 0 Å². The summed E-state index contributed by atoms with van der Waals surface area (Å²) in [6.45, 7) is 2.50. The first-order chi connectivity index (χ1) is 18.8. The molecule has 3 atom stereocenters. The van der Waals surface area contributed by atoms with Crippen LogP contribution in [0.2, 0.25) is 0 Å². The summed E-state index contributed by atoms with van der Waals surface area (Å²) in [6, 6.07) is 9.58. The number of hydrogen-bond acceptors (Lipinski definition) is 11. The number of carbonyl (C=O) groups is 4. The summed E-state index contributed by atoms with van der Waals surface area (Å²) in [4.78, 5) is 54.6. The maximum Gasteiger partial charge on any atom is 0.334 e. The molecule has 1 N–H and O–H groups in total. The molecule has 0 aliphatic carbocycles. The van der Waals surface area contributed by atoms with Crippen molar-refractivity contribution in [2.24, 2.45) is 5.92 Å². The van der Waals surface area contributed by atoms with Crippen LogP contribution in [-0.4, -0.2) is 74.7 Å². The van der Waals surface area contributed by atoms with E-state index in [0.717, 1.165) is 5.56 Å². The van der Waals surface area contributed by atoms with E-state index in [1.54, 1.807) is 13.8 Å². The first-order valence-electron chi connectivity index (χ1n) is 12.4. The maximum atomic E-state index is 13.2. The zero-order valence-corrected chi connectivity index (χ0v) is 22.0. The number of nitrogens with one attached hydrogen (secondary N) is 1. The summed E-state index contributed by atoms with van der Waals surface area (Å²) in [5, 5.41) is 2.49. The molecule has 1 aliphatic rings. The molecule has 210 valence electrons. The van der Waals surface area contributed by atoms with Crippen molar-refractivity contribution in [3.63, 3.8) is 0 Å². The normalized spacial score (nSPS) is 19.4. The number of rotatable bonds is 11. The van der Waals surface area contributed by atoms with Crippen molar-refractivity contribution in [2.75, 3.05) is 33.7 Å². The molecule has 0 radical (unpaired) electrons. The molecule has 2 aromatic rings. The van der Waals surface area contributed by atoms with E-state index in [1.165, 1.54) is 19.4 Å². The molecule has 1 aromatic heterocycles. The van der Waals surface area contributed by atoms with E-state index in [-0.39, 0.29) is 30.2 Å². The number of carbonyl (C=O) groups excluding carboxylic acids is 4. The van der Waals surface area contributed by atoms with Gasteiger partial charge < -0.3 is 33.7 Å². The third kappa shape index (κ3) is 8.67. The van der Waals surface area contributed by atoms with Gasteiger partial charge in [0.15, 0.2) is 23.2 Å². The van der Waals surface area contributed by atoms with Crippen LogP contribution in [0.15, 0.2) is 42.6 Å². The van der Waals surface area contributed by atoms with E-state index in [2.05, 4.69) is 10.3 Å². The summed E-state index contributed by atoms with van der Waals surface area (Å²) >= 11 is 0. The second-order valence-electron chi connectivity index (χ2n) is 8.63. The Hall–Kier alpha value is -4.19. The van der Waals surface area contributed by atoms with E-state index in [0.29, 0.717) is 13.0 Å². The summed E-state index contributed by atoms with van der Waals surface area (Å²) in [5.74, 6) is -3.27. The average Bonchev–Trinajstić information content (AvgIpc) is 2.97.